The number of methoxy groups -OCH3 is 1. The first-order valence-electron chi connectivity index (χ1n) is 4.95. The Bertz CT molecular complexity index is 320. The van der Waals surface area contributed by atoms with Gasteiger partial charge in [0.25, 0.3) is 0 Å². The van der Waals surface area contributed by atoms with E-state index >= 15 is 0 Å². The Morgan fingerprint density at radius 1 is 1.60 bits per heavy atom. The molecule has 84 valence electrons. The molecule has 0 aliphatic carbocycles. The topological polar surface area (TPSA) is 47.0 Å². The molecule has 1 rings (SSSR count). The van der Waals surface area contributed by atoms with Crippen molar-refractivity contribution in [2.45, 2.75) is 26.4 Å². The molecule has 1 aromatic rings. The lowest BCUT2D eigenvalue weighted by atomic mass is 10.2. The average Bonchev–Trinajstić information content (AvgIpc) is 2.23. The summed E-state index contributed by atoms with van der Waals surface area (Å²) in [5.41, 5.74) is 0. The van der Waals surface area contributed by atoms with Crippen LogP contribution in [0.25, 0.3) is 0 Å². The van der Waals surface area contributed by atoms with E-state index in [0.29, 0.717) is 0 Å². The summed E-state index contributed by atoms with van der Waals surface area (Å²) in [6, 6.07) is 0. The molecule has 15 heavy (non-hydrogen) atoms. The summed E-state index contributed by atoms with van der Waals surface area (Å²) in [7, 11) is 1.69. The number of halogens is 1. The lowest BCUT2D eigenvalue weighted by molar-refractivity contribution is 0.117. The summed E-state index contributed by atoms with van der Waals surface area (Å²) in [5.74, 6) is 1.63. The molecule has 0 amide bonds. The van der Waals surface area contributed by atoms with Crippen molar-refractivity contribution in [3.05, 3.63) is 16.5 Å². The molecule has 0 radical (unpaired) electrons. The smallest absolute Gasteiger partial charge is 0.144 e. The summed E-state index contributed by atoms with van der Waals surface area (Å²) >= 11 is 3.40. The lowest BCUT2D eigenvalue weighted by Crippen LogP contribution is -2.12. The van der Waals surface area contributed by atoms with E-state index in [1.165, 1.54) is 0 Å². The Hall–Kier alpha value is -0.680. The van der Waals surface area contributed by atoms with Gasteiger partial charge in [0, 0.05) is 26.3 Å². The molecule has 0 bridgehead atoms. The van der Waals surface area contributed by atoms with E-state index in [1.807, 2.05) is 13.8 Å². The van der Waals surface area contributed by atoms with Crippen LogP contribution in [0.4, 0.5) is 5.82 Å². The summed E-state index contributed by atoms with van der Waals surface area (Å²) < 4.78 is 6.06. The standard InChI is InChI=1S/C10H16BrN3O/c1-4-12-10-8(11)6-13-9(14-10)5-7(2)15-3/h6-7H,4-5H2,1-3H3,(H,12,13,14). The number of rotatable bonds is 5. The third kappa shape index (κ3) is 3.76. The fraction of sp³-hybridized carbons (Fsp3) is 0.600. The Morgan fingerprint density at radius 3 is 2.93 bits per heavy atom. The molecule has 0 aromatic carbocycles. The number of hydrogen-bond donors (Lipinski definition) is 1. The fourth-order valence-corrected chi connectivity index (χ4v) is 1.47. The average molecular weight is 274 g/mol. The van der Waals surface area contributed by atoms with Crippen LogP contribution in [-0.2, 0) is 11.2 Å². The van der Waals surface area contributed by atoms with Crippen molar-refractivity contribution in [2.75, 3.05) is 19.0 Å². The Balaban J connectivity index is 2.77. The highest BCUT2D eigenvalue weighted by molar-refractivity contribution is 9.10. The molecule has 1 N–H and O–H groups in total. The second kappa shape index (κ2) is 6.02. The molecule has 0 aliphatic heterocycles. The van der Waals surface area contributed by atoms with Gasteiger partial charge in [-0.25, -0.2) is 9.97 Å². The molecule has 0 saturated carbocycles. The molecule has 1 heterocycles. The number of anilines is 1. The van der Waals surface area contributed by atoms with E-state index < -0.39 is 0 Å². The van der Waals surface area contributed by atoms with Gasteiger partial charge in [0.2, 0.25) is 0 Å². The Morgan fingerprint density at radius 2 is 2.33 bits per heavy atom. The lowest BCUT2D eigenvalue weighted by Gasteiger charge is -2.10. The van der Waals surface area contributed by atoms with Crippen molar-refractivity contribution in [2.24, 2.45) is 0 Å². The van der Waals surface area contributed by atoms with Gasteiger partial charge in [-0.1, -0.05) is 0 Å². The zero-order chi connectivity index (χ0) is 11.3. The van der Waals surface area contributed by atoms with Crippen molar-refractivity contribution in [3.8, 4) is 0 Å². The predicted molar refractivity (Wildman–Crippen MR) is 64.1 cm³/mol. The van der Waals surface area contributed by atoms with Crippen LogP contribution in [0.3, 0.4) is 0 Å². The minimum atomic E-state index is 0.139. The molecular weight excluding hydrogens is 258 g/mol. The Kier molecular flexibility index (Phi) is 4.98. The highest BCUT2D eigenvalue weighted by Crippen LogP contribution is 2.18. The molecule has 0 fully saturated rings. The van der Waals surface area contributed by atoms with E-state index in [4.69, 9.17) is 4.74 Å². The number of hydrogen-bond acceptors (Lipinski definition) is 4. The van der Waals surface area contributed by atoms with Gasteiger partial charge in [0.15, 0.2) is 0 Å². The largest absolute Gasteiger partial charge is 0.381 e. The number of nitrogens with zero attached hydrogens (tertiary/aromatic N) is 2. The summed E-state index contributed by atoms with van der Waals surface area (Å²) in [5, 5.41) is 3.17. The third-order valence-corrected chi connectivity index (χ3v) is 2.59. The van der Waals surface area contributed by atoms with Crippen molar-refractivity contribution >= 4 is 21.7 Å². The molecule has 0 spiro atoms. The minimum Gasteiger partial charge on any atom is -0.381 e. The number of nitrogens with one attached hydrogen (secondary N) is 1. The van der Waals surface area contributed by atoms with Gasteiger partial charge in [0.1, 0.15) is 11.6 Å². The monoisotopic (exact) mass is 273 g/mol. The maximum absolute atomic E-state index is 5.17. The van der Waals surface area contributed by atoms with Crippen LogP contribution in [0.5, 0.6) is 0 Å². The molecule has 1 unspecified atom stereocenters. The summed E-state index contributed by atoms with van der Waals surface area (Å²) in [4.78, 5) is 8.63. The van der Waals surface area contributed by atoms with Crippen LogP contribution in [0.1, 0.15) is 19.7 Å². The summed E-state index contributed by atoms with van der Waals surface area (Å²) in [6.45, 7) is 4.87. The van der Waals surface area contributed by atoms with Gasteiger partial charge in [-0.05, 0) is 29.8 Å². The van der Waals surface area contributed by atoms with Crippen molar-refractivity contribution in [1.29, 1.82) is 0 Å². The molecule has 1 aromatic heterocycles. The minimum absolute atomic E-state index is 0.139. The van der Waals surface area contributed by atoms with E-state index in [1.54, 1.807) is 13.3 Å². The van der Waals surface area contributed by atoms with Gasteiger partial charge in [-0.3, -0.25) is 0 Å². The fourth-order valence-electron chi connectivity index (χ4n) is 1.13. The van der Waals surface area contributed by atoms with Gasteiger partial charge in [-0.2, -0.15) is 0 Å². The molecule has 5 heteroatoms. The van der Waals surface area contributed by atoms with Gasteiger partial charge in [0.05, 0.1) is 10.6 Å². The van der Waals surface area contributed by atoms with Gasteiger partial charge in [-0.15, -0.1) is 0 Å². The zero-order valence-corrected chi connectivity index (χ0v) is 10.8. The normalized spacial score (nSPS) is 12.5. The van der Waals surface area contributed by atoms with Crippen LogP contribution < -0.4 is 5.32 Å². The highest BCUT2D eigenvalue weighted by atomic mass is 79.9. The van der Waals surface area contributed by atoms with E-state index in [2.05, 4.69) is 31.2 Å². The van der Waals surface area contributed by atoms with E-state index in [9.17, 15) is 0 Å². The van der Waals surface area contributed by atoms with Crippen molar-refractivity contribution in [1.82, 2.24) is 9.97 Å². The SMILES string of the molecule is CCNc1nc(CC(C)OC)ncc1Br. The second-order valence-corrected chi connectivity index (χ2v) is 4.12. The van der Waals surface area contributed by atoms with Gasteiger partial charge < -0.3 is 10.1 Å². The number of ether oxygens (including phenoxy) is 1. The first kappa shape index (κ1) is 12.4. The molecule has 4 nitrogen and oxygen atoms in total. The number of aromatic nitrogens is 2. The second-order valence-electron chi connectivity index (χ2n) is 3.26. The predicted octanol–water partition coefficient (Wildman–Crippen LogP) is 2.25. The Labute approximate surface area is 98.6 Å². The van der Waals surface area contributed by atoms with Gasteiger partial charge >= 0.3 is 0 Å². The maximum Gasteiger partial charge on any atom is 0.144 e. The first-order valence-corrected chi connectivity index (χ1v) is 5.74. The van der Waals surface area contributed by atoms with Crippen molar-refractivity contribution in [3.63, 3.8) is 0 Å². The van der Waals surface area contributed by atoms with Crippen LogP contribution >= 0.6 is 15.9 Å². The summed E-state index contributed by atoms with van der Waals surface area (Å²) in [6.07, 6.45) is 2.63. The van der Waals surface area contributed by atoms with Crippen LogP contribution in [0.15, 0.2) is 10.7 Å². The zero-order valence-electron chi connectivity index (χ0n) is 9.25. The van der Waals surface area contributed by atoms with Crippen molar-refractivity contribution < 1.29 is 4.74 Å². The third-order valence-electron chi connectivity index (χ3n) is 2.01. The van der Waals surface area contributed by atoms with Crippen LogP contribution in [-0.4, -0.2) is 29.7 Å². The van der Waals surface area contributed by atoms with E-state index in [-0.39, 0.29) is 6.10 Å². The van der Waals surface area contributed by atoms with Crippen LogP contribution in [0, 0.1) is 0 Å². The van der Waals surface area contributed by atoms with E-state index in [0.717, 1.165) is 29.1 Å². The molecular formula is C10H16BrN3O. The molecule has 1 atom stereocenters. The first-order chi connectivity index (χ1) is 7.17. The van der Waals surface area contributed by atoms with Crippen LogP contribution in [0.2, 0.25) is 0 Å². The maximum atomic E-state index is 5.17. The quantitative estimate of drug-likeness (QED) is 0.894. The molecule has 0 aliphatic rings. The molecule has 0 saturated heterocycles. The highest BCUT2D eigenvalue weighted by Gasteiger charge is 2.07.